The maximum atomic E-state index is 10.6. The lowest BCUT2D eigenvalue weighted by Crippen LogP contribution is -2.36. The molecule has 0 unspecified atom stereocenters. The molecule has 0 aromatic heterocycles. The molecule has 0 radical (unpaired) electrons. The summed E-state index contributed by atoms with van der Waals surface area (Å²) >= 11 is 0. The van der Waals surface area contributed by atoms with E-state index in [0.29, 0.717) is 0 Å². The highest BCUT2D eigenvalue weighted by Crippen LogP contribution is 2.13. The molecule has 5 nitrogen and oxygen atoms in total. The summed E-state index contributed by atoms with van der Waals surface area (Å²) in [5.41, 5.74) is 5.27. The number of rotatable bonds is 3. The van der Waals surface area contributed by atoms with Gasteiger partial charge >= 0.3 is 18.1 Å². The topological polar surface area (TPSA) is 101 Å². The smallest absolute Gasteiger partial charge is 0.480 e. The van der Waals surface area contributed by atoms with E-state index in [1.54, 1.807) is 0 Å². The van der Waals surface area contributed by atoms with Crippen LogP contribution in [0, 0.1) is 5.92 Å². The summed E-state index contributed by atoms with van der Waals surface area (Å²) < 4.78 is 31.7. The molecule has 0 aliphatic carbocycles. The van der Waals surface area contributed by atoms with Gasteiger partial charge in [0.15, 0.2) is 0 Å². The van der Waals surface area contributed by atoms with E-state index in [-0.39, 0.29) is 5.92 Å². The van der Waals surface area contributed by atoms with Crippen molar-refractivity contribution in [2.24, 2.45) is 11.7 Å². The largest absolute Gasteiger partial charge is 0.490 e. The first-order chi connectivity index (χ1) is 7.03. The van der Waals surface area contributed by atoms with Gasteiger partial charge in [-0.05, 0) is 5.92 Å². The number of carboxylic acids is 2. The highest BCUT2D eigenvalue weighted by molar-refractivity contribution is 5.73. The molecular weight excluding hydrogens is 231 g/mol. The number of hydrogen-bond acceptors (Lipinski definition) is 3. The highest BCUT2D eigenvalue weighted by atomic mass is 19.4. The minimum atomic E-state index is -5.08. The van der Waals surface area contributed by atoms with E-state index < -0.39 is 24.2 Å². The standard InChI is InChI=1S/C6H13NO2.C2HF3O2/c1-3-4(2)5(7)6(8)9;3-2(4,5)1(6)7/h4-5H,3,7H2,1-2H3,(H,8,9);(H,6,7)/t4-,5-;/m0./s1. The fourth-order valence-electron chi connectivity index (χ4n) is 0.497. The van der Waals surface area contributed by atoms with Gasteiger partial charge in [-0.3, -0.25) is 4.79 Å². The first-order valence-electron chi connectivity index (χ1n) is 4.32. The molecule has 0 aromatic rings. The first-order valence-corrected chi connectivity index (χ1v) is 4.32. The SMILES string of the molecule is CC[C@H](C)[C@H](N)C(=O)O.O=C(O)C(F)(F)F. The Balaban J connectivity index is 0. The molecule has 0 aliphatic rings. The molecule has 16 heavy (non-hydrogen) atoms. The van der Waals surface area contributed by atoms with Crippen LogP contribution in [0.2, 0.25) is 0 Å². The molecule has 4 N–H and O–H groups in total. The van der Waals surface area contributed by atoms with E-state index in [1.807, 2.05) is 13.8 Å². The molecule has 0 heterocycles. The molecule has 0 saturated heterocycles. The van der Waals surface area contributed by atoms with Crippen LogP contribution in [0.5, 0.6) is 0 Å². The minimum absolute atomic E-state index is 0.0718. The first kappa shape index (κ1) is 17.1. The van der Waals surface area contributed by atoms with Gasteiger partial charge in [0.2, 0.25) is 0 Å². The van der Waals surface area contributed by atoms with E-state index >= 15 is 0 Å². The molecule has 0 bridgehead atoms. The molecular formula is C8H14F3NO4. The summed E-state index contributed by atoms with van der Waals surface area (Å²) in [7, 11) is 0. The van der Waals surface area contributed by atoms with Crippen LogP contribution >= 0.6 is 0 Å². The van der Waals surface area contributed by atoms with E-state index in [9.17, 15) is 18.0 Å². The quantitative estimate of drug-likeness (QED) is 0.690. The Bertz CT molecular complexity index is 242. The van der Waals surface area contributed by atoms with Gasteiger partial charge in [-0.1, -0.05) is 20.3 Å². The second-order valence-corrected chi connectivity index (χ2v) is 3.05. The summed E-state index contributed by atoms with van der Waals surface area (Å²) in [4.78, 5) is 19.1. The van der Waals surface area contributed by atoms with Crippen LogP contribution in [-0.2, 0) is 9.59 Å². The molecule has 2 atom stereocenters. The Morgan fingerprint density at radius 1 is 1.31 bits per heavy atom. The third-order valence-electron chi connectivity index (χ3n) is 1.78. The van der Waals surface area contributed by atoms with Crippen molar-refractivity contribution in [2.75, 3.05) is 0 Å². The van der Waals surface area contributed by atoms with Crippen LogP contribution in [0.1, 0.15) is 20.3 Å². The van der Waals surface area contributed by atoms with Crippen LogP contribution in [0.25, 0.3) is 0 Å². The molecule has 0 fully saturated rings. The fraction of sp³-hybridized carbons (Fsp3) is 0.750. The molecule has 0 spiro atoms. The molecule has 96 valence electrons. The van der Waals surface area contributed by atoms with Crippen molar-refractivity contribution >= 4 is 11.9 Å². The molecule has 0 aliphatic heterocycles. The van der Waals surface area contributed by atoms with Crippen LogP contribution in [0.3, 0.4) is 0 Å². The van der Waals surface area contributed by atoms with E-state index in [1.165, 1.54) is 0 Å². The third-order valence-corrected chi connectivity index (χ3v) is 1.78. The lowest BCUT2D eigenvalue weighted by molar-refractivity contribution is -0.192. The number of aliphatic carboxylic acids is 2. The van der Waals surface area contributed by atoms with Gasteiger partial charge in [-0.2, -0.15) is 13.2 Å². The van der Waals surface area contributed by atoms with E-state index in [0.717, 1.165) is 6.42 Å². The fourth-order valence-corrected chi connectivity index (χ4v) is 0.497. The third kappa shape index (κ3) is 8.04. The monoisotopic (exact) mass is 245 g/mol. The predicted octanol–water partition coefficient (Wildman–Crippen LogP) is 1.08. The lowest BCUT2D eigenvalue weighted by atomic mass is 10.0. The Labute approximate surface area is 90.0 Å². The second kappa shape index (κ2) is 7.04. The van der Waals surface area contributed by atoms with Crippen molar-refractivity contribution < 1.29 is 33.0 Å². The van der Waals surface area contributed by atoms with E-state index in [2.05, 4.69) is 0 Å². The Morgan fingerprint density at radius 3 is 1.69 bits per heavy atom. The lowest BCUT2D eigenvalue weighted by Gasteiger charge is -2.11. The van der Waals surface area contributed by atoms with Gasteiger partial charge in [-0.25, -0.2) is 4.79 Å². The van der Waals surface area contributed by atoms with Gasteiger partial charge < -0.3 is 15.9 Å². The number of carboxylic acid groups (broad SMARTS) is 2. The van der Waals surface area contributed by atoms with Crippen molar-refractivity contribution in [1.29, 1.82) is 0 Å². The zero-order valence-corrected chi connectivity index (χ0v) is 8.78. The summed E-state index contributed by atoms with van der Waals surface area (Å²) in [6.07, 6.45) is -4.27. The summed E-state index contributed by atoms with van der Waals surface area (Å²) in [6, 6.07) is -0.699. The molecule has 0 rings (SSSR count). The predicted molar refractivity (Wildman–Crippen MR) is 48.8 cm³/mol. The Morgan fingerprint density at radius 2 is 1.62 bits per heavy atom. The van der Waals surface area contributed by atoms with Gasteiger partial charge in [0, 0.05) is 0 Å². The van der Waals surface area contributed by atoms with Crippen molar-refractivity contribution in [1.82, 2.24) is 0 Å². The van der Waals surface area contributed by atoms with Crippen molar-refractivity contribution in [3.63, 3.8) is 0 Å². The van der Waals surface area contributed by atoms with Crippen molar-refractivity contribution in [3.8, 4) is 0 Å². The number of nitrogens with two attached hydrogens (primary N) is 1. The Hall–Kier alpha value is -1.31. The van der Waals surface area contributed by atoms with Gasteiger partial charge in [0.25, 0.3) is 0 Å². The average Bonchev–Trinajstić information content (AvgIpc) is 2.14. The average molecular weight is 245 g/mol. The molecule has 0 aromatic carbocycles. The van der Waals surface area contributed by atoms with Crippen molar-refractivity contribution in [3.05, 3.63) is 0 Å². The van der Waals surface area contributed by atoms with Crippen LogP contribution in [0.4, 0.5) is 13.2 Å². The maximum Gasteiger partial charge on any atom is 0.490 e. The zero-order chi connectivity index (χ0) is 13.5. The van der Waals surface area contributed by atoms with Gasteiger partial charge in [0.1, 0.15) is 6.04 Å². The molecule has 0 amide bonds. The number of halogens is 3. The maximum absolute atomic E-state index is 10.6. The number of carbonyl (C=O) groups is 2. The van der Waals surface area contributed by atoms with Gasteiger partial charge in [0.05, 0.1) is 0 Å². The van der Waals surface area contributed by atoms with E-state index in [4.69, 9.17) is 20.7 Å². The molecule has 8 heteroatoms. The number of hydrogen-bond donors (Lipinski definition) is 3. The summed E-state index contributed by atoms with van der Waals surface area (Å²) in [5, 5.41) is 15.5. The zero-order valence-electron chi connectivity index (χ0n) is 8.78. The van der Waals surface area contributed by atoms with Gasteiger partial charge in [-0.15, -0.1) is 0 Å². The summed E-state index contributed by atoms with van der Waals surface area (Å²) in [6.45, 7) is 3.76. The summed E-state index contributed by atoms with van der Waals surface area (Å²) in [5.74, 6) is -3.60. The second-order valence-electron chi connectivity index (χ2n) is 3.05. The normalized spacial score (nSPS) is 14.4. The number of alkyl halides is 3. The van der Waals surface area contributed by atoms with Crippen molar-refractivity contribution in [2.45, 2.75) is 32.5 Å². The molecule has 0 saturated carbocycles. The van der Waals surface area contributed by atoms with Crippen LogP contribution < -0.4 is 5.73 Å². The van der Waals surface area contributed by atoms with Crippen LogP contribution in [0.15, 0.2) is 0 Å². The minimum Gasteiger partial charge on any atom is -0.480 e. The highest BCUT2D eigenvalue weighted by Gasteiger charge is 2.38. The van der Waals surface area contributed by atoms with Crippen LogP contribution in [-0.4, -0.2) is 34.4 Å². The Kier molecular flexibility index (Phi) is 7.53.